The van der Waals surface area contributed by atoms with Gasteiger partial charge < -0.3 is 5.73 Å². The monoisotopic (exact) mass is 221 g/mol. The molecule has 0 spiro atoms. The fourth-order valence-electron chi connectivity index (χ4n) is 1.44. The molecule has 78 valence electrons. The van der Waals surface area contributed by atoms with Crippen molar-refractivity contribution in [3.8, 4) is 11.3 Å². The lowest BCUT2D eigenvalue weighted by molar-refractivity contribution is 0.818. The molecule has 15 heavy (non-hydrogen) atoms. The molecule has 0 fully saturated rings. The van der Waals surface area contributed by atoms with Gasteiger partial charge in [0.15, 0.2) is 0 Å². The third-order valence-electron chi connectivity index (χ3n) is 2.31. The minimum Gasteiger partial charge on any atom is -0.324 e. The Hall–Kier alpha value is -1.32. The molecule has 0 radical (unpaired) electrons. The van der Waals surface area contributed by atoms with Gasteiger partial charge in [0.05, 0.1) is 5.69 Å². The smallest absolute Gasteiger partial charge is 0.0665 e. The molecule has 4 heteroatoms. The first-order chi connectivity index (χ1) is 7.18. The predicted octanol–water partition coefficient (Wildman–Crippen LogP) is 2.75. The fourth-order valence-corrected chi connectivity index (χ4v) is 1.66. The molecule has 0 bridgehead atoms. The molecule has 0 aliphatic carbocycles. The topological polar surface area (TPSA) is 54.7 Å². The van der Waals surface area contributed by atoms with E-state index in [0.717, 1.165) is 16.8 Å². The second kappa shape index (κ2) is 4.04. The molecule has 3 N–H and O–H groups in total. The third kappa shape index (κ3) is 2.03. The van der Waals surface area contributed by atoms with Crippen molar-refractivity contribution in [1.82, 2.24) is 10.2 Å². The fraction of sp³-hybridized carbons (Fsp3) is 0.182. The zero-order valence-electron chi connectivity index (χ0n) is 8.37. The summed E-state index contributed by atoms with van der Waals surface area (Å²) in [5, 5.41) is 7.48. The van der Waals surface area contributed by atoms with E-state index in [1.807, 2.05) is 31.2 Å². The van der Waals surface area contributed by atoms with E-state index in [9.17, 15) is 0 Å². The van der Waals surface area contributed by atoms with Crippen molar-refractivity contribution in [1.29, 1.82) is 0 Å². The molecule has 0 saturated carbocycles. The van der Waals surface area contributed by atoms with Crippen LogP contribution in [0.15, 0.2) is 30.5 Å². The Kier molecular flexibility index (Phi) is 2.75. The zero-order chi connectivity index (χ0) is 10.8. The van der Waals surface area contributed by atoms with Crippen molar-refractivity contribution < 1.29 is 0 Å². The Balaban J connectivity index is 2.51. The van der Waals surface area contributed by atoms with Gasteiger partial charge in [0.2, 0.25) is 0 Å². The number of halogens is 1. The van der Waals surface area contributed by atoms with Crippen molar-refractivity contribution >= 4 is 11.6 Å². The van der Waals surface area contributed by atoms with Crippen molar-refractivity contribution in [3.63, 3.8) is 0 Å². The molecule has 1 aromatic heterocycles. The van der Waals surface area contributed by atoms with Gasteiger partial charge in [-0.3, -0.25) is 5.10 Å². The SMILES string of the molecule is C[C@H](N)c1ccc(Cl)c(-c2ccn[nH]2)c1. The number of rotatable bonds is 2. The largest absolute Gasteiger partial charge is 0.324 e. The minimum atomic E-state index is 0.00365. The molecule has 0 aliphatic rings. The highest BCUT2D eigenvalue weighted by molar-refractivity contribution is 6.33. The first-order valence-electron chi connectivity index (χ1n) is 4.73. The van der Waals surface area contributed by atoms with E-state index in [4.69, 9.17) is 17.3 Å². The number of hydrogen-bond donors (Lipinski definition) is 2. The van der Waals surface area contributed by atoms with Crippen molar-refractivity contribution in [2.24, 2.45) is 5.73 Å². The molecule has 1 atom stereocenters. The number of nitrogens with one attached hydrogen (secondary N) is 1. The highest BCUT2D eigenvalue weighted by atomic mass is 35.5. The Morgan fingerprint density at radius 3 is 2.80 bits per heavy atom. The molecule has 0 unspecified atom stereocenters. The van der Waals surface area contributed by atoms with E-state index in [-0.39, 0.29) is 6.04 Å². The molecule has 3 nitrogen and oxygen atoms in total. The van der Waals surface area contributed by atoms with Crippen LogP contribution >= 0.6 is 11.6 Å². The van der Waals surface area contributed by atoms with Crippen LogP contribution in [-0.4, -0.2) is 10.2 Å². The first kappa shape index (κ1) is 10.2. The number of H-pyrrole nitrogens is 1. The Labute approximate surface area is 93.3 Å². The van der Waals surface area contributed by atoms with Crippen LogP contribution in [0.5, 0.6) is 0 Å². The summed E-state index contributed by atoms with van der Waals surface area (Å²) in [6.07, 6.45) is 1.70. The second-order valence-corrected chi connectivity index (χ2v) is 3.91. The van der Waals surface area contributed by atoms with Crippen LogP contribution < -0.4 is 5.73 Å². The number of nitrogens with two attached hydrogens (primary N) is 1. The van der Waals surface area contributed by atoms with E-state index >= 15 is 0 Å². The van der Waals surface area contributed by atoms with E-state index < -0.39 is 0 Å². The van der Waals surface area contributed by atoms with E-state index in [0.29, 0.717) is 5.02 Å². The van der Waals surface area contributed by atoms with Gasteiger partial charge in [0.1, 0.15) is 0 Å². The standard InChI is InChI=1S/C11H12ClN3/c1-7(13)8-2-3-10(12)9(6-8)11-4-5-14-15-11/h2-7H,13H2,1H3,(H,14,15)/t7-/m0/s1. The molecule has 2 aromatic rings. The van der Waals surface area contributed by atoms with Gasteiger partial charge in [0.25, 0.3) is 0 Å². The maximum atomic E-state index is 6.10. The molecule has 2 rings (SSSR count). The van der Waals surface area contributed by atoms with Gasteiger partial charge in [-0.05, 0) is 30.7 Å². The quantitative estimate of drug-likeness (QED) is 0.820. The summed E-state index contributed by atoms with van der Waals surface area (Å²) >= 11 is 6.10. The summed E-state index contributed by atoms with van der Waals surface area (Å²) in [4.78, 5) is 0. The van der Waals surface area contributed by atoms with Crippen LogP contribution in [0, 0.1) is 0 Å². The third-order valence-corrected chi connectivity index (χ3v) is 2.64. The normalized spacial score (nSPS) is 12.7. The number of hydrogen-bond acceptors (Lipinski definition) is 2. The van der Waals surface area contributed by atoms with Crippen LogP contribution in [0.3, 0.4) is 0 Å². The van der Waals surface area contributed by atoms with Crippen LogP contribution in [0.2, 0.25) is 5.02 Å². The van der Waals surface area contributed by atoms with Crippen molar-refractivity contribution in [2.75, 3.05) is 0 Å². The number of aromatic nitrogens is 2. The van der Waals surface area contributed by atoms with Gasteiger partial charge >= 0.3 is 0 Å². The van der Waals surface area contributed by atoms with Gasteiger partial charge in [-0.15, -0.1) is 0 Å². The first-order valence-corrected chi connectivity index (χ1v) is 5.11. The van der Waals surface area contributed by atoms with Gasteiger partial charge in [-0.2, -0.15) is 5.10 Å². The molecule has 0 amide bonds. The molecular formula is C11H12ClN3. The van der Waals surface area contributed by atoms with Crippen LogP contribution in [0.1, 0.15) is 18.5 Å². The second-order valence-electron chi connectivity index (χ2n) is 3.50. The van der Waals surface area contributed by atoms with Gasteiger partial charge in [-0.25, -0.2) is 0 Å². The summed E-state index contributed by atoms with van der Waals surface area (Å²) in [6.45, 7) is 1.94. The number of aromatic amines is 1. The Morgan fingerprint density at radius 1 is 1.40 bits per heavy atom. The van der Waals surface area contributed by atoms with Crippen LogP contribution in [0.25, 0.3) is 11.3 Å². The van der Waals surface area contributed by atoms with Crippen LogP contribution in [-0.2, 0) is 0 Å². The summed E-state index contributed by atoms with van der Waals surface area (Å²) in [6, 6.07) is 7.67. The lowest BCUT2D eigenvalue weighted by Crippen LogP contribution is -2.04. The average molecular weight is 222 g/mol. The predicted molar refractivity (Wildman–Crippen MR) is 61.6 cm³/mol. The average Bonchev–Trinajstić information content (AvgIpc) is 2.71. The van der Waals surface area contributed by atoms with E-state index in [1.54, 1.807) is 6.20 Å². The maximum absolute atomic E-state index is 6.10. The maximum Gasteiger partial charge on any atom is 0.0665 e. The Bertz CT molecular complexity index is 449. The molecule has 0 saturated heterocycles. The number of benzene rings is 1. The molecule has 0 aliphatic heterocycles. The van der Waals surface area contributed by atoms with Crippen molar-refractivity contribution in [3.05, 3.63) is 41.0 Å². The summed E-state index contributed by atoms with van der Waals surface area (Å²) < 4.78 is 0. The lowest BCUT2D eigenvalue weighted by atomic mass is 10.0. The number of nitrogens with zero attached hydrogens (tertiary/aromatic N) is 1. The summed E-state index contributed by atoms with van der Waals surface area (Å²) in [5.41, 5.74) is 8.72. The highest BCUT2D eigenvalue weighted by Gasteiger charge is 2.07. The minimum absolute atomic E-state index is 0.00365. The van der Waals surface area contributed by atoms with Gasteiger partial charge in [0, 0.05) is 22.8 Å². The van der Waals surface area contributed by atoms with E-state index in [1.165, 1.54) is 0 Å². The van der Waals surface area contributed by atoms with Crippen molar-refractivity contribution in [2.45, 2.75) is 13.0 Å². The molecule has 1 heterocycles. The summed E-state index contributed by atoms with van der Waals surface area (Å²) in [7, 11) is 0. The molecular weight excluding hydrogens is 210 g/mol. The summed E-state index contributed by atoms with van der Waals surface area (Å²) in [5.74, 6) is 0. The Morgan fingerprint density at radius 2 is 2.20 bits per heavy atom. The highest BCUT2D eigenvalue weighted by Crippen LogP contribution is 2.28. The molecule has 1 aromatic carbocycles. The zero-order valence-corrected chi connectivity index (χ0v) is 9.12. The van der Waals surface area contributed by atoms with Crippen LogP contribution in [0.4, 0.5) is 0 Å². The lowest BCUT2D eigenvalue weighted by Gasteiger charge is -2.08. The van der Waals surface area contributed by atoms with E-state index in [2.05, 4.69) is 10.2 Å². The van der Waals surface area contributed by atoms with Gasteiger partial charge in [-0.1, -0.05) is 17.7 Å².